The van der Waals surface area contributed by atoms with Crippen LogP contribution in [-0.2, 0) is 10.0 Å². The minimum Gasteiger partial charge on any atom is -0.336 e. The number of carbonyl (C=O) groups excluding carboxylic acids is 1. The zero-order valence-corrected chi connectivity index (χ0v) is 13.1. The van der Waals surface area contributed by atoms with Gasteiger partial charge in [-0.2, -0.15) is 0 Å². The van der Waals surface area contributed by atoms with Gasteiger partial charge in [-0.05, 0) is 57.1 Å². The van der Waals surface area contributed by atoms with Crippen LogP contribution >= 0.6 is 0 Å². The zero-order valence-electron chi connectivity index (χ0n) is 12.2. The Labute approximate surface area is 125 Å². The Morgan fingerprint density at radius 1 is 1.38 bits per heavy atom. The van der Waals surface area contributed by atoms with E-state index in [0.717, 1.165) is 6.42 Å². The van der Waals surface area contributed by atoms with Gasteiger partial charge >= 0.3 is 0 Å². The molecule has 0 spiro atoms. The van der Waals surface area contributed by atoms with E-state index in [2.05, 4.69) is 4.72 Å². The van der Waals surface area contributed by atoms with Gasteiger partial charge in [0, 0.05) is 18.2 Å². The van der Waals surface area contributed by atoms with Gasteiger partial charge in [-0.3, -0.25) is 4.79 Å². The van der Waals surface area contributed by atoms with Gasteiger partial charge in [-0.1, -0.05) is 0 Å². The maximum atomic E-state index is 12.5. The fraction of sp³-hybridized carbons (Fsp3) is 0.500. The third kappa shape index (κ3) is 3.25. The smallest absolute Gasteiger partial charge is 0.254 e. The number of rotatable bonds is 4. The Balaban J connectivity index is 2.18. The molecule has 116 valence electrons. The highest BCUT2D eigenvalue weighted by atomic mass is 32.2. The monoisotopic (exact) mass is 311 g/mol. The SMILES string of the molecule is CNS(=O)(=O)c1ccc(C(=O)N2CC(CN)CC2C)cc1. The quantitative estimate of drug-likeness (QED) is 0.842. The first-order chi connectivity index (χ1) is 9.89. The summed E-state index contributed by atoms with van der Waals surface area (Å²) in [6, 6.07) is 6.15. The number of likely N-dealkylation sites (tertiary alicyclic amines) is 1. The number of hydrogen-bond donors (Lipinski definition) is 2. The van der Waals surface area contributed by atoms with Crippen molar-refractivity contribution in [2.45, 2.75) is 24.3 Å². The van der Waals surface area contributed by atoms with Crippen LogP contribution in [-0.4, -0.2) is 45.4 Å². The van der Waals surface area contributed by atoms with Crippen LogP contribution in [0.25, 0.3) is 0 Å². The average molecular weight is 311 g/mol. The Bertz CT molecular complexity index is 613. The number of sulfonamides is 1. The summed E-state index contributed by atoms with van der Waals surface area (Å²) in [4.78, 5) is 14.4. The number of nitrogens with two attached hydrogens (primary N) is 1. The van der Waals surface area contributed by atoms with Crippen molar-refractivity contribution in [2.24, 2.45) is 11.7 Å². The van der Waals surface area contributed by atoms with Gasteiger partial charge in [0.2, 0.25) is 10.0 Å². The number of carbonyl (C=O) groups is 1. The standard InChI is InChI=1S/C14H21N3O3S/c1-10-7-11(8-15)9-17(10)14(18)12-3-5-13(6-4-12)21(19,20)16-2/h3-6,10-11,16H,7-9,15H2,1-2H3. The molecule has 2 rings (SSSR count). The molecular formula is C14H21N3O3S. The zero-order chi connectivity index (χ0) is 15.6. The van der Waals surface area contributed by atoms with Crippen molar-refractivity contribution < 1.29 is 13.2 Å². The Morgan fingerprint density at radius 3 is 2.48 bits per heavy atom. The highest BCUT2D eigenvalue weighted by Crippen LogP contribution is 2.24. The number of hydrogen-bond acceptors (Lipinski definition) is 4. The van der Waals surface area contributed by atoms with Crippen LogP contribution in [0.2, 0.25) is 0 Å². The summed E-state index contributed by atoms with van der Waals surface area (Å²) in [6.45, 7) is 3.24. The van der Waals surface area contributed by atoms with Gasteiger partial charge in [0.15, 0.2) is 0 Å². The molecule has 3 N–H and O–H groups in total. The Hall–Kier alpha value is -1.44. The minimum atomic E-state index is -3.47. The molecule has 2 atom stereocenters. The summed E-state index contributed by atoms with van der Waals surface area (Å²) < 4.78 is 25.5. The van der Waals surface area contributed by atoms with Crippen molar-refractivity contribution >= 4 is 15.9 Å². The van der Waals surface area contributed by atoms with Gasteiger partial charge in [-0.15, -0.1) is 0 Å². The molecule has 1 aromatic carbocycles. The third-order valence-corrected chi connectivity index (χ3v) is 5.37. The maximum absolute atomic E-state index is 12.5. The largest absolute Gasteiger partial charge is 0.336 e. The normalized spacial score (nSPS) is 22.5. The van der Waals surface area contributed by atoms with Crippen molar-refractivity contribution in [2.75, 3.05) is 20.1 Å². The van der Waals surface area contributed by atoms with E-state index in [1.54, 1.807) is 17.0 Å². The van der Waals surface area contributed by atoms with Crippen molar-refractivity contribution in [1.29, 1.82) is 0 Å². The molecule has 21 heavy (non-hydrogen) atoms. The summed E-state index contributed by atoms with van der Waals surface area (Å²) in [7, 11) is -2.12. The van der Waals surface area contributed by atoms with Crippen LogP contribution in [0.3, 0.4) is 0 Å². The lowest BCUT2D eigenvalue weighted by Gasteiger charge is -2.21. The van der Waals surface area contributed by atoms with E-state index >= 15 is 0 Å². The number of amides is 1. The molecule has 2 unspecified atom stereocenters. The van der Waals surface area contributed by atoms with Gasteiger partial charge in [-0.25, -0.2) is 13.1 Å². The average Bonchev–Trinajstić information content (AvgIpc) is 2.87. The second kappa shape index (κ2) is 6.13. The molecule has 0 aromatic heterocycles. The van der Waals surface area contributed by atoms with Crippen molar-refractivity contribution in [3.05, 3.63) is 29.8 Å². The van der Waals surface area contributed by atoms with Crippen LogP contribution in [0.15, 0.2) is 29.2 Å². The van der Waals surface area contributed by atoms with Crippen LogP contribution in [0, 0.1) is 5.92 Å². The molecule has 0 radical (unpaired) electrons. The molecule has 0 bridgehead atoms. The van der Waals surface area contributed by atoms with Crippen molar-refractivity contribution in [1.82, 2.24) is 9.62 Å². The number of nitrogens with one attached hydrogen (secondary N) is 1. The molecule has 0 saturated carbocycles. The second-order valence-electron chi connectivity index (χ2n) is 5.38. The van der Waals surface area contributed by atoms with E-state index in [1.165, 1.54) is 19.2 Å². The van der Waals surface area contributed by atoms with E-state index in [4.69, 9.17) is 5.73 Å². The lowest BCUT2D eigenvalue weighted by Crippen LogP contribution is -2.34. The molecule has 0 aliphatic carbocycles. The van der Waals surface area contributed by atoms with Crippen molar-refractivity contribution in [3.8, 4) is 0 Å². The summed E-state index contributed by atoms with van der Waals surface area (Å²) in [5.41, 5.74) is 6.16. The van der Waals surface area contributed by atoms with E-state index in [0.29, 0.717) is 24.6 Å². The first-order valence-corrected chi connectivity index (χ1v) is 8.42. The Morgan fingerprint density at radius 2 is 2.00 bits per heavy atom. The highest BCUT2D eigenvalue weighted by molar-refractivity contribution is 7.89. The Kier molecular flexibility index (Phi) is 4.65. The first kappa shape index (κ1) is 15.9. The molecule has 7 heteroatoms. The van der Waals surface area contributed by atoms with E-state index in [1.807, 2.05) is 6.92 Å². The predicted octanol–water partition coefficient (Wildman–Crippen LogP) is 0.404. The van der Waals surface area contributed by atoms with Crippen LogP contribution in [0.5, 0.6) is 0 Å². The topological polar surface area (TPSA) is 92.5 Å². The molecule has 1 amide bonds. The van der Waals surface area contributed by atoms with E-state index in [9.17, 15) is 13.2 Å². The fourth-order valence-corrected chi connectivity index (χ4v) is 3.39. The second-order valence-corrected chi connectivity index (χ2v) is 7.26. The van der Waals surface area contributed by atoms with Crippen LogP contribution < -0.4 is 10.5 Å². The van der Waals surface area contributed by atoms with Crippen molar-refractivity contribution in [3.63, 3.8) is 0 Å². The van der Waals surface area contributed by atoms with E-state index in [-0.39, 0.29) is 16.8 Å². The molecule has 1 aliphatic heterocycles. The van der Waals surface area contributed by atoms with Gasteiger partial charge in [0.25, 0.3) is 5.91 Å². The molecule has 1 saturated heterocycles. The lowest BCUT2D eigenvalue weighted by molar-refractivity contribution is 0.0743. The van der Waals surface area contributed by atoms with Crippen LogP contribution in [0.1, 0.15) is 23.7 Å². The fourth-order valence-electron chi connectivity index (χ4n) is 2.66. The highest BCUT2D eigenvalue weighted by Gasteiger charge is 2.32. The maximum Gasteiger partial charge on any atom is 0.254 e. The molecule has 6 nitrogen and oxygen atoms in total. The van der Waals surface area contributed by atoms with Crippen LogP contribution in [0.4, 0.5) is 0 Å². The molecule has 1 aliphatic rings. The predicted molar refractivity (Wildman–Crippen MR) is 80.3 cm³/mol. The summed E-state index contributed by atoms with van der Waals surface area (Å²) >= 11 is 0. The number of benzene rings is 1. The lowest BCUT2D eigenvalue weighted by atomic mass is 10.1. The summed E-state index contributed by atoms with van der Waals surface area (Å²) in [5, 5.41) is 0. The van der Waals surface area contributed by atoms with E-state index < -0.39 is 10.0 Å². The minimum absolute atomic E-state index is 0.0770. The molecule has 1 heterocycles. The summed E-state index contributed by atoms with van der Waals surface area (Å²) in [5.74, 6) is 0.264. The molecule has 1 fully saturated rings. The summed E-state index contributed by atoms with van der Waals surface area (Å²) in [6.07, 6.45) is 0.911. The molecular weight excluding hydrogens is 290 g/mol. The van der Waals surface area contributed by atoms with Gasteiger partial charge < -0.3 is 10.6 Å². The third-order valence-electron chi connectivity index (χ3n) is 3.94. The molecule has 1 aromatic rings. The van der Waals surface area contributed by atoms with Gasteiger partial charge in [0.05, 0.1) is 4.90 Å². The van der Waals surface area contributed by atoms with Gasteiger partial charge in [0.1, 0.15) is 0 Å². The first-order valence-electron chi connectivity index (χ1n) is 6.93. The number of nitrogens with zero attached hydrogens (tertiary/aromatic N) is 1.